The van der Waals surface area contributed by atoms with Crippen molar-refractivity contribution in [2.45, 2.75) is 40.5 Å². The lowest BCUT2D eigenvalue weighted by molar-refractivity contribution is 0.591. The van der Waals surface area contributed by atoms with Crippen LogP contribution >= 0.6 is 7.14 Å². The molecule has 0 saturated heterocycles. The van der Waals surface area contributed by atoms with Crippen LogP contribution in [0.5, 0.6) is 0 Å². The second kappa shape index (κ2) is 11.3. The Balaban J connectivity index is 0.000000615. The quantitative estimate of drug-likeness (QED) is 0.467. The van der Waals surface area contributed by atoms with E-state index < -0.39 is 7.14 Å². The van der Waals surface area contributed by atoms with Gasteiger partial charge in [0.25, 0.3) is 0 Å². The fourth-order valence-electron chi connectivity index (χ4n) is 2.67. The molecule has 1 atom stereocenters. The summed E-state index contributed by atoms with van der Waals surface area (Å²) in [5.41, 5.74) is 1.19. The summed E-state index contributed by atoms with van der Waals surface area (Å²) in [6, 6.07) is 17.9. The Labute approximate surface area is 159 Å². The number of terminal acetylenes is 1. The Morgan fingerprint density at radius 3 is 1.96 bits per heavy atom. The number of aryl methyl sites for hydroxylation is 1. The molecule has 136 valence electrons. The standard InChI is InChI=1S/C19H19OP.C3H4.C2H6/c1-16-12-14-19(15-13-16)21(20,17-8-4-2-5-9-17)18-10-6-3-7-11-18;1-3-2;1-2/h2,4-6,8-15H,3,7H2,1H3;1H,2H3;1-2H3. The van der Waals surface area contributed by atoms with Crippen molar-refractivity contribution in [3.63, 3.8) is 0 Å². The van der Waals surface area contributed by atoms with Gasteiger partial charge in [0.1, 0.15) is 0 Å². The highest BCUT2D eigenvalue weighted by atomic mass is 31.2. The molecule has 2 aromatic rings. The molecule has 1 aliphatic rings. The molecule has 0 N–H and O–H groups in total. The second-order valence-corrected chi connectivity index (χ2v) is 8.45. The molecule has 1 nitrogen and oxygen atoms in total. The van der Waals surface area contributed by atoms with Crippen LogP contribution in [0.4, 0.5) is 0 Å². The van der Waals surface area contributed by atoms with Crippen molar-refractivity contribution in [3.8, 4) is 12.3 Å². The molecule has 0 saturated carbocycles. The smallest absolute Gasteiger partial charge is 0.170 e. The fourth-order valence-corrected chi connectivity index (χ4v) is 5.43. The third-order valence-corrected chi connectivity index (χ3v) is 6.97. The zero-order valence-electron chi connectivity index (χ0n) is 16.3. The first-order valence-corrected chi connectivity index (χ1v) is 10.8. The van der Waals surface area contributed by atoms with E-state index in [0.717, 1.165) is 28.8 Å². The summed E-state index contributed by atoms with van der Waals surface area (Å²) in [5, 5.41) is 2.78. The van der Waals surface area contributed by atoms with Crippen molar-refractivity contribution in [1.82, 2.24) is 0 Å². The molecule has 0 bridgehead atoms. The second-order valence-electron chi connectivity index (χ2n) is 5.68. The molecule has 26 heavy (non-hydrogen) atoms. The maximum atomic E-state index is 14.0. The van der Waals surface area contributed by atoms with Crippen molar-refractivity contribution < 1.29 is 4.57 Å². The first-order valence-electron chi connectivity index (χ1n) is 9.10. The van der Waals surface area contributed by atoms with E-state index in [4.69, 9.17) is 0 Å². The van der Waals surface area contributed by atoms with Gasteiger partial charge in [-0.3, -0.25) is 0 Å². The fraction of sp³-hybridized carbons (Fsp3) is 0.250. The van der Waals surface area contributed by atoms with Gasteiger partial charge in [-0.2, -0.15) is 0 Å². The molecular weight excluding hydrogens is 335 g/mol. The highest BCUT2D eigenvalue weighted by Gasteiger charge is 2.30. The highest BCUT2D eigenvalue weighted by Crippen LogP contribution is 2.53. The van der Waals surface area contributed by atoms with Gasteiger partial charge in [-0.15, -0.1) is 12.3 Å². The van der Waals surface area contributed by atoms with E-state index in [1.54, 1.807) is 6.92 Å². The molecule has 0 spiro atoms. The molecule has 0 fully saturated rings. The van der Waals surface area contributed by atoms with Gasteiger partial charge in [0, 0.05) is 15.9 Å². The van der Waals surface area contributed by atoms with Gasteiger partial charge in [-0.1, -0.05) is 92.2 Å². The molecule has 0 amide bonds. The van der Waals surface area contributed by atoms with Crippen LogP contribution in [0.15, 0.2) is 78.1 Å². The number of hydrogen-bond donors (Lipinski definition) is 0. The van der Waals surface area contributed by atoms with Gasteiger partial charge in [-0.25, -0.2) is 0 Å². The van der Waals surface area contributed by atoms with E-state index in [0.29, 0.717) is 0 Å². The van der Waals surface area contributed by atoms with Crippen LogP contribution in [0.1, 0.15) is 39.2 Å². The Kier molecular flexibility index (Phi) is 9.50. The maximum absolute atomic E-state index is 14.0. The summed E-state index contributed by atoms with van der Waals surface area (Å²) in [6.07, 6.45) is 12.9. The molecular formula is C24H29OP. The lowest BCUT2D eigenvalue weighted by Gasteiger charge is -2.22. The molecule has 0 radical (unpaired) electrons. The summed E-state index contributed by atoms with van der Waals surface area (Å²) in [7, 11) is -2.75. The zero-order chi connectivity index (χ0) is 19.4. The van der Waals surface area contributed by atoms with E-state index in [2.05, 4.69) is 31.4 Å². The van der Waals surface area contributed by atoms with Crippen molar-refractivity contribution in [2.24, 2.45) is 0 Å². The molecule has 1 aliphatic carbocycles. The van der Waals surface area contributed by atoms with Crippen molar-refractivity contribution >= 4 is 17.8 Å². The van der Waals surface area contributed by atoms with Crippen molar-refractivity contribution in [2.75, 3.05) is 0 Å². The van der Waals surface area contributed by atoms with Crippen LogP contribution < -0.4 is 10.6 Å². The van der Waals surface area contributed by atoms with E-state index in [1.165, 1.54) is 5.56 Å². The first kappa shape index (κ1) is 21.8. The monoisotopic (exact) mass is 364 g/mol. The predicted molar refractivity (Wildman–Crippen MR) is 117 cm³/mol. The van der Waals surface area contributed by atoms with Crippen LogP contribution in [-0.2, 0) is 4.57 Å². The SMILES string of the molecule is C#CC.CC.Cc1ccc(P(=O)(C2=CCCC=C2)c2ccccc2)cc1. The van der Waals surface area contributed by atoms with Gasteiger partial charge in [0.2, 0.25) is 0 Å². The molecule has 1 unspecified atom stereocenters. The molecule has 3 rings (SSSR count). The van der Waals surface area contributed by atoms with Gasteiger partial charge in [-0.05, 0) is 26.7 Å². The van der Waals surface area contributed by atoms with Crippen LogP contribution in [-0.4, -0.2) is 0 Å². The lowest BCUT2D eigenvalue weighted by Crippen LogP contribution is -2.17. The summed E-state index contributed by atoms with van der Waals surface area (Å²) >= 11 is 0. The minimum atomic E-state index is -2.75. The maximum Gasteiger partial charge on any atom is 0.170 e. The Morgan fingerprint density at radius 1 is 0.923 bits per heavy atom. The van der Waals surface area contributed by atoms with Crippen LogP contribution in [0.3, 0.4) is 0 Å². The Morgan fingerprint density at radius 2 is 1.46 bits per heavy atom. The number of allylic oxidation sites excluding steroid dienone is 4. The van der Waals surface area contributed by atoms with Gasteiger partial charge in [0.15, 0.2) is 7.14 Å². The Bertz CT molecular complexity index is 806. The normalized spacial score (nSPS) is 14.3. The summed E-state index contributed by atoms with van der Waals surface area (Å²) < 4.78 is 14.0. The van der Waals surface area contributed by atoms with Gasteiger partial charge < -0.3 is 4.57 Å². The minimum absolute atomic E-state index is 0.909. The van der Waals surface area contributed by atoms with Gasteiger partial charge >= 0.3 is 0 Å². The third kappa shape index (κ3) is 5.35. The lowest BCUT2D eigenvalue weighted by atomic mass is 10.2. The molecule has 2 heteroatoms. The average Bonchev–Trinajstić information content (AvgIpc) is 2.71. The van der Waals surface area contributed by atoms with E-state index in [-0.39, 0.29) is 0 Å². The minimum Gasteiger partial charge on any atom is -0.309 e. The van der Waals surface area contributed by atoms with E-state index >= 15 is 0 Å². The van der Waals surface area contributed by atoms with Gasteiger partial charge in [0.05, 0.1) is 0 Å². The van der Waals surface area contributed by atoms with Crippen LogP contribution in [0.25, 0.3) is 0 Å². The first-order chi connectivity index (χ1) is 12.6. The number of rotatable bonds is 3. The predicted octanol–water partition coefficient (Wildman–Crippen LogP) is 6.21. The average molecular weight is 364 g/mol. The highest BCUT2D eigenvalue weighted by molar-refractivity contribution is 7.82. The zero-order valence-corrected chi connectivity index (χ0v) is 17.2. The summed E-state index contributed by atoms with van der Waals surface area (Å²) in [5.74, 6) is 2.25. The molecule has 0 heterocycles. The largest absolute Gasteiger partial charge is 0.309 e. The molecule has 2 aromatic carbocycles. The number of benzene rings is 2. The van der Waals surface area contributed by atoms with Crippen LogP contribution in [0, 0.1) is 19.3 Å². The number of hydrogen-bond acceptors (Lipinski definition) is 1. The van der Waals surface area contributed by atoms with Crippen molar-refractivity contribution in [1.29, 1.82) is 0 Å². The topological polar surface area (TPSA) is 17.1 Å². The molecule has 0 aromatic heterocycles. The van der Waals surface area contributed by atoms with Crippen LogP contribution in [0.2, 0.25) is 0 Å². The molecule has 0 aliphatic heterocycles. The summed E-state index contributed by atoms with van der Waals surface area (Å²) in [4.78, 5) is 0. The third-order valence-electron chi connectivity index (χ3n) is 3.86. The van der Waals surface area contributed by atoms with E-state index in [1.807, 2.05) is 74.5 Å². The van der Waals surface area contributed by atoms with Crippen molar-refractivity contribution in [3.05, 3.63) is 83.7 Å². The Hall–Kier alpha value is -2.29. The van der Waals surface area contributed by atoms with E-state index in [9.17, 15) is 4.57 Å². The summed E-state index contributed by atoms with van der Waals surface area (Å²) in [6.45, 7) is 7.71.